The molecule has 0 atom stereocenters. The molecule has 0 aliphatic carbocycles. The van der Waals surface area contributed by atoms with Crippen LogP contribution in [0.1, 0.15) is 11.1 Å². The first-order chi connectivity index (χ1) is 13.6. The smallest absolute Gasteiger partial charge is 0.230 e. The standard InChI is InChI=1S/C20H17F2N3O2S/c1-28-18-10-3-2-9-17(18)27-20-13(6-5-11-23-20)19(25-26)24-12-14-15(21)7-4-8-16(14)22/h2-11,26H,12H2,1H3,(H,24,25). The molecule has 3 aromatic rings. The quantitative estimate of drug-likeness (QED) is 0.269. The predicted molar refractivity (Wildman–Crippen MR) is 104 cm³/mol. The molecule has 0 saturated carbocycles. The van der Waals surface area contributed by atoms with Crippen molar-refractivity contribution in [3.05, 3.63) is 83.6 Å². The van der Waals surface area contributed by atoms with Gasteiger partial charge in [0.2, 0.25) is 5.88 Å². The monoisotopic (exact) mass is 401 g/mol. The van der Waals surface area contributed by atoms with E-state index in [4.69, 9.17) is 4.74 Å². The van der Waals surface area contributed by atoms with E-state index in [1.165, 1.54) is 24.0 Å². The Labute approximate surface area is 165 Å². The van der Waals surface area contributed by atoms with Crippen LogP contribution in [0.5, 0.6) is 11.6 Å². The Morgan fingerprint density at radius 2 is 1.86 bits per heavy atom. The highest BCUT2D eigenvalue weighted by molar-refractivity contribution is 7.98. The summed E-state index contributed by atoms with van der Waals surface area (Å²) in [5, 5.41) is 9.53. The molecule has 2 aromatic carbocycles. The molecule has 0 saturated heterocycles. The second-order valence-corrected chi connectivity index (χ2v) is 6.43. The zero-order chi connectivity index (χ0) is 19.9. The third kappa shape index (κ3) is 4.47. The number of pyridine rings is 1. The molecule has 0 spiro atoms. The first-order valence-corrected chi connectivity index (χ1v) is 9.50. The Kier molecular flexibility index (Phi) is 6.57. The Hall–Kier alpha value is -2.97. The highest BCUT2D eigenvalue weighted by atomic mass is 32.2. The van der Waals surface area contributed by atoms with Gasteiger partial charge in [0.1, 0.15) is 17.4 Å². The highest BCUT2D eigenvalue weighted by Gasteiger charge is 2.15. The summed E-state index contributed by atoms with van der Waals surface area (Å²) in [6.45, 7) is -0.308. The second-order valence-electron chi connectivity index (χ2n) is 5.59. The van der Waals surface area contributed by atoms with Gasteiger partial charge in [-0.25, -0.2) is 13.8 Å². The average Bonchev–Trinajstić information content (AvgIpc) is 2.71. The lowest BCUT2D eigenvalue weighted by Gasteiger charge is -2.13. The first kappa shape index (κ1) is 19.8. The molecular formula is C20H17F2N3O2S. The SMILES string of the molecule is CSc1ccccc1Oc1ncccc1C(=NCc1c(F)cccc1F)NO. The zero-order valence-electron chi connectivity index (χ0n) is 14.9. The van der Waals surface area contributed by atoms with Gasteiger partial charge in [0.15, 0.2) is 5.84 Å². The van der Waals surface area contributed by atoms with Gasteiger partial charge in [-0.05, 0) is 42.7 Å². The van der Waals surface area contributed by atoms with E-state index in [1.54, 1.807) is 18.2 Å². The van der Waals surface area contributed by atoms with E-state index >= 15 is 0 Å². The molecule has 0 fully saturated rings. The number of ether oxygens (including phenoxy) is 1. The average molecular weight is 401 g/mol. The van der Waals surface area contributed by atoms with Gasteiger partial charge in [-0.15, -0.1) is 11.8 Å². The number of amidine groups is 1. The fourth-order valence-electron chi connectivity index (χ4n) is 2.48. The fraction of sp³-hybridized carbons (Fsp3) is 0.100. The third-order valence-electron chi connectivity index (χ3n) is 3.86. The molecule has 3 rings (SSSR count). The predicted octanol–water partition coefficient (Wildman–Crippen LogP) is 4.80. The molecule has 0 unspecified atom stereocenters. The summed E-state index contributed by atoms with van der Waals surface area (Å²) >= 11 is 1.51. The van der Waals surface area contributed by atoms with Crippen LogP contribution < -0.4 is 10.2 Å². The van der Waals surface area contributed by atoms with E-state index in [1.807, 2.05) is 29.9 Å². The van der Waals surface area contributed by atoms with E-state index < -0.39 is 11.6 Å². The van der Waals surface area contributed by atoms with E-state index in [9.17, 15) is 14.0 Å². The molecule has 1 heterocycles. The number of hydrogen-bond acceptors (Lipinski definition) is 5. The summed E-state index contributed by atoms with van der Waals surface area (Å²) in [6, 6.07) is 14.3. The third-order valence-corrected chi connectivity index (χ3v) is 4.64. The number of aliphatic imine (C=N–C) groups is 1. The number of nitrogens with zero attached hydrogens (tertiary/aromatic N) is 2. The number of hydroxylamine groups is 1. The van der Waals surface area contributed by atoms with Gasteiger partial charge in [-0.2, -0.15) is 0 Å². The number of aromatic nitrogens is 1. The van der Waals surface area contributed by atoms with Crippen LogP contribution in [-0.4, -0.2) is 22.3 Å². The molecule has 0 amide bonds. The number of para-hydroxylation sites is 1. The number of benzene rings is 2. The van der Waals surface area contributed by atoms with Crippen LogP contribution in [0, 0.1) is 11.6 Å². The van der Waals surface area contributed by atoms with Crippen LogP contribution in [0.15, 0.2) is 70.7 Å². The Bertz CT molecular complexity index is 978. The van der Waals surface area contributed by atoms with Crippen LogP contribution in [0.4, 0.5) is 8.78 Å². The summed E-state index contributed by atoms with van der Waals surface area (Å²) < 4.78 is 33.6. The number of hydrogen-bond donors (Lipinski definition) is 2. The lowest BCUT2D eigenvalue weighted by Crippen LogP contribution is -2.21. The van der Waals surface area contributed by atoms with E-state index in [2.05, 4.69) is 9.98 Å². The molecule has 5 nitrogen and oxygen atoms in total. The molecule has 0 aliphatic rings. The number of halogens is 2. The van der Waals surface area contributed by atoms with Crippen molar-refractivity contribution in [3.63, 3.8) is 0 Å². The van der Waals surface area contributed by atoms with E-state index in [0.29, 0.717) is 11.3 Å². The molecule has 8 heteroatoms. The largest absolute Gasteiger partial charge is 0.437 e. The van der Waals surface area contributed by atoms with Crippen molar-refractivity contribution in [2.45, 2.75) is 11.4 Å². The number of thioether (sulfide) groups is 1. The Balaban J connectivity index is 1.93. The van der Waals surface area contributed by atoms with Gasteiger partial charge in [-0.3, -0.25) is 15.7 Å². The molecule has 0 radical (unpaired) electrons. The van der Waals surface area contributed by atoms with Crippen molar-refractivity contribution in [2.75, 3.05) is 6.26 Å². The second kappa shape index (κ2) is 9.29. The molecule has 28 heavy (non-hydrogen) atoms. The number of nitrogens with one attached hydrogen (secondary N) is 1. The maximum Gasteiger partial charge on any atom is 0.230 e. The van der Waals surface area contributed by atoms with Crippen LogP contribution in [-0.2, 0) is 6.54 Å². The van der Waals surface area contributed by atoms with Crippen molar-refractivity contribution in [1.82, 2.24) is 10.5 Å². The number of rotatable bonds is 6. The fourth-order valence-corrected chi connectivity index (χ4v) is 3.01. The maximum absolute atomic E-state index is 13.8. The minimum Gasteiger partial charge on any atom is -0.437 e. The Morgan fingerprint density at radius 1 is 1.11 bits per heavy atom. The summed E-state index contributed by atoms with van der Waals surface area (Å²) in [7, 11) is 0. The van der Waals surface area contributed by atoms with Gasteiger partial charge >= 0.3 is 0 Å². The highest BCUT2D eigenvalue weighted by Crippen LogP contribution is 2.31. The van der Waals surface area contributed by atoms with Gasteiger partial charge in [-0.1, -0.05) is 18.2 Å². The van der Waals surface area contributed by atoms with Gasteiger partial charge in [0, 0.05) is 16.7 Å². The molecule has 1 aromatic heterocycles. The van der Waals surface area contributed by atoms with Crippen LogP contribution in [0.3, 0.4) is 0 Å². The lowest BCUT2D eigenvalue weighted by molar-refractivity contribution is 0.234. The van der Waals surface area contributed by atoms with Gasteiger partial charge < -0.3 is 4.74 Å². The minimum absolute atomic E-state index is 0.0209. The normalized spacial score (nSPS) is 11.4. The van der Waals surface area contributed by atoms with Crippen molar-refractivity contribution >= 4 is 17.6 Å². The van der Waals surface area contributed by atoms with Crippen molar-refractivity contribution < 1.29 is 18.7 Å². The zero-order valence-corrected chi connectivity index (χ0v) is 15.7. The van der Waals surface area contributed by atoms with Crippen molar-refractivity contribution in [1.29, 1.82) is 0 Å². The summed E-state index contributed by atoms with van der Waals surface area (Å²) in [6.07, 6.45) is 3.46. The van der Waals surface area contributed by atoms with Gasteiger partial charge in [0.05, 0.1) is 12.1 Å². The molecule has 0 aliphatic heterocycles. The summed E-state index contributed by atoms with van der Waals surface area (Å²) in [4.78, 5) is 9.20. The van der Waals surface area contributed by atoms with Crippen molar-refractivity contribution in [2.24, 2.45) is 4.99 Å². The van der Waals surface area contributed by atoms with E-state index in [0.717, 1.165) is 17.0 Å². The summed E-state index contributed by atoms with van der Waals surface area (Å²) in [5.41, 5.74) is 2.11. The topological polar surface area (TPSA) is 66.7 Å². The van der Waals surface area contributed by atoms with Crippen LogP contribution >= 0.6 is 11.8 Å². The molecular weight excluding hydrogens is 384 g/mol. The lowest BCUT2D eigenvalue weighted by atomic mass is 10.2. The Morgan fingerprint density at radius 3 is 2.57 bits per heavy atom. The molecule has 144 valence electrons. The van der Waals surface area contributed by atoms with E-state index in [-0.39, 0.29) is 23.8 Å². The van der Waals surface area contributed by atoms with Crippen LogP contribution in [0.25, 0.3) is 0 Å². The van der Waals surface area contributed by atoms with Crippen molar-refractivity contribution in [3.8, 4) is 11.6 Å². The molecule has 2 N–H and O–H groups in total. The van der Waals surface area contributed by atoms with Gasteiger partial charge in [0.25, 0.3) is 0 Å². The summed E-state index contributed by atoms with van der Waals surface area (Å²) in [5.74, 6) is -0.659. The van der Waals surface area contributed by atoms with Crippen LogP contribution in [0.2, 0.25) is 0 Å². The maximum atomic E-state index is 13.8. The molecule has 0 bridgehead atoms. The minimum atomic E-state index is -0.711. The first-order valence-electron chi connectivity index (χ1n) is 8.27.